The highest BCUT2D eigenvalue weighted by Crippen LogP contribution is 2.32. The van der Waals surface area contributed by atoms with Gasteiger partial charge in [0.15, 0.2) is 0 Å². The van der Waals surface area contributed by atoms with Crippen molar-refractivity contribution in [3.63, 3.8) is 0 Å². The van der Waals surface area contributed by atoms with Crippen LogP contribution in [0, 0.1) is 5.92 Å². The minimum absolute atomic E-state index is 0.0190. The van der Waals surface area contributed by atoms with Gasteiger partial charge >= 0.3 is 0 Å². The molecule has 1 aliphatic rings. The van der Waals surface area contributed by atoms with Crippen molar-refractivity contribution in [3.05, 3.63) is 21.4 Å². The number of hydrogen-bond acceptors (Lipinski definition) is 3. The molecule has 3 nitrogen and oxygen atoms in total. The minimum atomic E-state index is 0.0190. The van der Waals surface area contributed by atoms with E-state index in [2.05, 4.69) is 12.2 Å². The van der Waals surface area contributed by atoms with Crippen molar-refractivity contribution < 1.29 is 9.90 Å². The van der Waals surface area contributed by atoms with Crippen LogP contribution in [0.15, 0.2) is 5.38 Å². The van der Waals surface area contributed by atoms with Crippen LogP contribution in [-0.4, -0.2) is 24.2 Å². The van der Waals surface area contributed by atoms with Gasteiger partial charge in [0.1, 0.15) is 0 Å². The Balaban J connectivity index is 2.04. The summed E-state index contributed by atoms with van der Waals surface area (Å²) in [5.41, 5.74) is 2.12. The van der Waals surface area contributed by atoms with E-state index in [4.69, 9.17) is 5.11 Å². The second-order valence-electron chi connectivity index (χ2n) is 4.73. The van der Waals surface area contributed by atoms with Crippen molar-refractivity contribution in [1.29, 1.82) is 0 Å². The number of hydrogen-bond donors (Lipinski definition) is 2. The molecule has 0 radical (unpaired) electrons. The van der Waals surface area contributed by atoms with Crippen LogP contribution in [0.2, 0.25) is 0 Å². The minimum Gasteiger partial charge on any atom is -0.396 e. The Morgan fingerprint density at radius 3 is 3.24 bits per heavy atom. The zero-order valence-corrected chi connectivity index (χ0v) is 11.0. The Morgan fingerprint density at radius 1 is 1.65 bits per heavy atom. The lowest BCUT2D eigenvalue weighted by molar-refractivity contribution is 0.0950. The Morgan fingerprint density at radius 2 is 2.47 bits per heavy atom. The van der Waals surface area contributed by atoms with Crippen molar-refractivity contribution in [2.45, 2.75) is 32.6 Å². The lowest BCUT2D eigenvalue weighted by Gasteiger charge is -2.18. The van der Waals surface area contributed by atoms with Crippen LogP contribution in [0.3, 0.4) is 0 Å². The smallest absolute Gasteiger partial charge is 0.252 e. The number of rotatable bonds is 4. The van der Waals surface area contributed by atoms with Crippen molar-refractivity contribution in [1.82, 2.24) is 5.32 Å². The van der Waals surface area contributed by atoms with E-state index in [9.17, 15) is 4.79 Å². The maximum absolute atomic E-state index is 11.9. The maximum atomic E-state index is 11.9. The summed E-state index contributed by atoms with van der Waals surface area (Å²) in [5, 5.41) is 13.5. The molecule has 0 bridgehead atoms. The monoisotopic (exact) mass is 253 g/mol. The number of aliphatic hydroxyl groups is 1. The van der Waals surface area contributed by atoms with Gasteiger partial charge in [-0.2, -0.15) is 0 Å². The summed E-state index contributed by atoms with van der Waals surface area (Å²) in [5.74, 6) is 0.761. The molecule has 0 aliphatic heterocycles. The predicted molar refractivity (Wildman–Crippen MR) is 69.5 cm³/mol. The molecule has 1 amide bonds. The van der Waals surface area contributed by atoms with Crippen molar-refractivity contribution in [2.75, 3.05) is 13.2 Å². The molecule has 2 N–H and O–H groups in total. The first-order chi connectivity index (χ1) is 8.22. The van der Waals surface area contributed by atoms with Crippen molar-refractivity contribution >= 4 is 17.2 Å². The Kier molecular flexibility index (Phi) is 4.18. The van der Waals surface area contributed by atoms with Crippen LogP contribution in [-0.2, 0) is 12.8 Å². The van der Waals surface area contributed by atoms with Gasteiger partial charge in [0.25, 0.3) is 5.91 Å². The summed E-state index contributed by atoms with van der Waals surface area (Å²) in [6, 6.07) is 0. The molecule has 0 fully saturated rings. The predicted octanol–water partition coefficient (Wildman–Crippen LogP) is 1.99. The maximum Gasteiger partial charge on any atom is 0.252 e. The van der Waals surface area contributed by atoms with E-state index in [0.717, 1.165) is 24.3 Å². The lowest BCUT2D eigenvalue weighted by Crippen LogP contribution is -2.26. The molecule has 4 heteroatoms. The molecule has 1 aromatic heterocycles. The zero-order valence-electron chi connectivity index (χ0n) is 10.2. The summed E-state index contributed by atoms with van der Waals surface area (Å²) >= 11 is 1.71. The van der Waals surface area contributed by atoms with Crippen LogP contribution in [0.1, 0.15) is 40.6 Å². The average Bonchev–Trinajstić information content (AvgIpc) is 2.72. The molecular weight excluding hydrogens is 234 g/mol. The molecule has 0 saturated carbocycles. The first kappa shape index (κ1) is 12.6. The largest absolute Gasteiger partial charge is 0.396 e. The van der Waals surface area contributed by atoms with Gasteiger partial charge in [-0.25, -0.2) is 0 Å². The van der Waals surface area contributed by atoms with Gasteiger partial charge in [0.2, 0.25) is 0 Å². The molecule has 2 rings (SSSR count). The normalized spacial score (nSPS) is 18.8. The lowest BCUT2D eigenvalue weighted by atomic mass is 9.88. The number of aliphatic hydroxyl groups excluding tert-OH is 1. The SMILES string of the molecule is CC1CCc2c(C(=O)NCCCO)csc2C1. The zero-order chi connectivity index (χ0) is 12.3. The first-order valence-electron chi connectivity index (χ1n) is 6.20. The van der Waals surface area contributed by atoms with Gasteiger partial charge in [-0.1, -0.05) is 6.92 Å². The van der Waals surface area contributed by atoms with E-state index >= 15 is 0 Å². The third kappa shape index (κ3) is 2.87. The molecule has 1 atom stereocenters. The summed E-state index contributed by atoms with van der Waals surface area (Å²) in [6.45, 7) is 2.94. The number of carbonyl (C=O) groups is 1. The molecule has 94 valence electrons. The van der Waals surface area contributed by atoms with Gasteiger partial charge in [0.05, 0.1) is 5.56 Å². The highest BCUT2D eigenvalue weighted by molar-refractivity contribution is 7.10. The Labute approximate surface area is 106 Å². The summed E-state index contributed by atoms with van der Waals surface area (Å²) in [6.07, 6.45) is 3.95. The second-order valence-corrected chi connectivity index (χ2v) is 5.70. The third-order valence-electron chi connectivity index (χ3n) is 3.27. The summed E-state index contributed by atoms with van der Waals surface area (Å²) < 4.78 is 0. The number of carbonyl (C=O) groups excluding carboxylic acids is 1. The number of amides is 1. The molecule has 1 heterocycles. The van der Waals surface area contributed by atoms with Crippen LogP contribution in [0.5, 0.6) is 0 Å². The number of nitrogens with one attached hydrogen (secondary N) is 1. The van der Waals surface area contributed by atoms with E-state index in [1.807, 2.05) is 5.38 Å². The van der Waals surface area contributed by atoms with E-state index in [-0.39, 0.29) is 12.5 Å². The highest BCUT2D eigenvalue weighted by atomic mass is 32.1. The fraction of sp³-hybridized carbons (Fsp3) is 0.615. The Bertz CT molecular complexity index is 400. The summed E-state index contributed by atoms with van der Waals surface area (Å²) in [7, 11) is 0. The van der Waals surface area contributed by atoms with Gasteiger partial charge in [-0.05, 0) is 37.2 Å². The fourth-order valence-electron chi connectivity index (χ4n) is 2.24. The first-order valence-corrected chi connectivity index (χ1v) is 7.08. The molecule has 0 saturated heterocycles. The molecule has 0 aromatic carbocycles. The van der Waals surface area contributed by atoms with Gasteiger partial charge in [-0.3, -0.25) is 4.79 Å². The average molecular weight is 253 g/mol. The molecule has 0 spiro atoms. The van der Waals surface area contributed by atoms with Gasteiger partial charge in [0, 0.05) is 23.4 Å². The van der Waals surface area contributed by atoms with Crippen LogP contribution in [0.25, 0.3) is 0 Å². The fourth-order valence-corrected chi connectivity index (χ4v) is 3.49. The highest BCUT2D eigenvalue weighted by Gasteiger charge is 2.22. The van der Waals surface area contributed by atoms with E-state index < -0.39 is 0 Å². The van der Waals surface area contributed by atoms with Crippen LogP contribution >= 0.6 is 11.3 Å². The topological polar surface area (TPSA) is 49.3 Å². The standard InChI is InChI=1S/C13H19NO2S/c1-9-3-4-10-11(8-17-12(10)7-9)13(16)14-5-2-6-15/h8-9,15H,2-7H2,1H3,(H,14,16). The second kappa shape index (κ2) is 5.65. The van der Waals surface area contributed by atoms with Crippen LogP contribution < -0.4 is 5.32 Å². The van der Waals surface area contributed by atoms with E-state index in [0.29, 0.717) is 13.0 Å². The van der Waals surface area contributed by atoms with Crippen molar-refractivity contribution in [2.24, 2.45) is 5.92 Å². The van der Waals surface area contributed by atoms with E-state index in [1.165, 1.54) is 16.9 Å². The Hall–Kier alpha value is -0.870. The third-order valence-corrected chi connectivity index (χ3v) is 4.32. The molecule has 1 aromatic rings. The molecule has 1 unspecified atom stereocenters. The molecule has 1 aliphatic carbocycles. The van der Waals surface area contributed by atoms with Crippen LogP contribution in [0.4, 0.5) is 0 Å². The number of fused-ring (bicyclic) bond motifs is 1. The van der Waals surface area contributed by atoms with Gasteiger partial charge in [-0.15, -0.1) is 11.3 Å². The number of thiophene rings is 1. The quantitative estimate of drug-likeness (QED) is 0.806. The summed E-state index contributed by atoms with van der Waals surface area (Å²) in [4.78, 5) is 13.3. The van der Waals surface area contributed by atoms with Gasteiger partial charge < -0.3 is 10.4 Å². The van der Waals surface area contributed by atoms with Crippen molar-refractivity contribution in [3.8, 4) is 0 Å². The van der Waals surface area contributed by atoms with E-state index in [1.54, 1.807) is 11.3 Å². The molecule has 17 heavy (non-hydrogen) atoms. The molecular formula is C13H19NO2S.